The minimum absolute atomic E-state index is 0.139. The molecular weight excluding hydrogens is 364 g/mol. The van der Waals surface area contributed by atoms with Gasteiger partial charge in [0.15, 0.2) is 0 Å². The first kappa shape index (κ1) is 17.7. The average Bonchev–Trinajstić information content (AvgIpc) is 3.07. The van der Waals surface area contributed by atoms with Gasteiger partial charge < -0.3 is 4.90 Å². The first-order valence-electron chi connectivity index (χ1n) is 8.88. The molecule has 1 fully saturated rings. The van der Waals surface area contributed by atoms with E-state index in [1.165, 1.54) is 11.8 Å². The van der Waals surface area contributed by atoms with Crippen molar-refractivity contribution in [2.45, 2.75) is 25.7 Å². The molecule has 3 aromatic rings. The fourth-order valence-electron chi connectivity index (χ4n) is 3.70. The van der Waals surface area contributed by atoms with E-state index in [9.17, 15) is 8.42 Å². The zero-order chi connectivity index (χ0) is 19.0. The van der Waals surface area contributed by atoms with Crippen molar-refractivity contribution in [3.63, 3.8) is 0 Å². The number of hydrogen-bond acceptors (Lipinski definition) is 6. The van der Waals surface area contributed by atoms with Crippen LogP contribution in [-0.4, -0.2) is 47.9 Å². The second-order valence-electron chi connectivity index (χ2n) is 7.07. The summed E-state index contributed by atoms with van der Waals surface area (Å²) in [6.45, 7) is 3.70. The number of H-pyrrole nitrogens is 1. The lowest BCUT2D eigenvalue weighted by molar-refractivity contribution is 0.499. The van der Waals surface area contributed by atoms with E-state index in [2.05, 4.69) is 42.8 Å². The van der Waals surface area contributed by atoms with Gasteiger partial charge in [-0.1, -0.05) is 11.6 Å². The molecule has 3 heterocycles. The van der Waals surface area contributed by atoms with Crippen molar-refractivity contribution < 1.29 is 8.42 Å². The Balaban J connectivity index is 1.65. The van der Waals surface area contributed by atoms with E-state index in [4.69, 9.17) is 0 Å². The maximum Gasteiger partial charge on any atom is 0.229 e. The third-order valence-corrected chi connectivity index (χ3v) is 5.45. The van der Waals surface area contributed by atoms with Crippen LogP contribution in [0.3, 0.4) is 0 Å². The third kappa shape index (κ3) is 3.73. The summed E-state index contributed by atoms with van der Waals surface area (Å²) in [7, 11) is -3.35. The summed E-state index contributed by atoms with van der Waals surface area (Å²) in [6, 6.07) is 6.17. The lowest BCUT2D eigenvalue weighted by Crippen LogP contribution is -2.35. The van der Waals surface area contributed by atoms with Crippen molar-refractivity contribution in [2.75, 3.05) is 29.0 Å². The molecule has 1 aliphatic rings. The number of hydrogen-bond donors (Lipinski definition) is 2. The summed E-state index contributed by atoms with van der Waals surface area (Å²) in [6.07, 6.45) is 6.22. The van der Waals surface area contributed by atoms with Crippen LogP contribution in [0.15, 0.2) is 30.7 Å². The molecule has 2 aromatic heterocycles. The highest BCUT2D eigenvalue weighted by Gasteiger charge is 2.27. The summed E-state index contributed by atoms with van der Waals surface area (Å²) >= 11 is 0. The topological polar surface area (TPSA) is 104 Å². The van der Waals surface area contributed by atoms with Gasteiger partial charge in [0.25, 0.3) is 0 Å². The molecule has 0 radical (unpaired) electrons. The highest BCUT2D eigenvalue weighted by Crippen LogP contribution is 2.34. The number of piperidine rings is 1. The molecule has 0 aliphatic carbocycles. The van der Waals surface area contributed by atoms with Crippen LogP contribution < -0.4 is 9.62 Å². The summed E-state index contributed by atoms with van der Waals surface area (Å²) in [5, 5.41) is 8.06. The minimum atomic E-state index is -3.35. The van der Waals surface area contributed by atoms with Gasteiger partial charge in [0, 0.05) is 24.4 Å². The van der Waals surface area contributed by atoms with Gasteiger partial charge in [0.05, 0.1) is 29.4 Å². The van der Waals surface area contributed by atoms with Crippen LogP contribution >= 0.6 is 0 Å². The van der Waals surface area contributed by atoms with E-state index in [0.29, 0.717) is 5.69 Å². The number of aryl methyl sites for hydroxylation is 1. The maximum atomic E-state index is 11.6. The van der Waals surface area contributed by atoms with Crippen molar-refractivity contribution in [2.24, 2.45) is 0 Å². The molecule has 0 amide bonds. The molecule has 0 spiro atoms. The SMILES string of the molecule is Cc1ccc2ncnc(N3CCCC(c4[nH]ncc4NS(C)(=O)=O)C3)c2c1. The van der Waals surface area contributed by atoms with Crippen LogP contribution in [0.25, 0.3) is 10.9 Å². The second-order valence-corrected chi connectivity index (χ2v) is 8.82. The number of nitrogens with one attached hydrogen (secondary N) is 2. The molecule has 1 aromatic carbocycles. The van der Waals surface area contributed by atoms with E-state index in [0.717, 1.165) is 54.6 Å². The van der Waals surface area contributed by atoms with E-state index in [1.807, 2.05) is 12.1 Å². The summed E-state index contributed by atoms with van der Waals surface area (Å²) in [5.74, 6) is 1.06. The highest BCUT2D eigenvalue weighted by molar-refractivity contribution is 7.92. The van der Waals surface area contributed by atoms with Crippen LogP contribution in [0.1, 0.15) is 30.0 Å². The smallest absolute Gasteiger partial charge is 0.229 e. The molecule has 0 saturated carbocycles. The number of nitrogens with zero attached hydrogens (tertiary/aromatic N) is 4. The number of rotatable bonds is 4. The van der Waals surface area contributed by atoms with Crippen molar-refractivity contribution in [1.82, 2.24) is 20.2 Å². The number of aromatic amines is 1. The Morgan fingerprint density at radius 1 is 1.30 bits per heavy atom. The zero-order valence-electron chi connectivity index (χ0n) is 15.3. The quantitative estimate of drug-likeness (QED) is 0.714. The van der Waals surface area contributed by atoms with Crippen LogP contribution in [-0.2, 0) is 10.0 Å². The molecule has 8 nitrogen and oxygen atoms in total. The standard InChI is InChI=1S/C18H22N6O2S/c1-12-5-6-15-14(8-12)18(20-11-19-15)24-7-3-4-13(10-24)17-16(9-21-22-17)23-27(2,25)26/h5-6,8-9,11,13,23H,3-4,7,10H2,1-2H3,(H,21,22). The number of fused-ring (bicyclic) bond motifs is 1. The van der Waals surface area contributed by atoms with Gasteiger partial charge in [-0.3, -0.25) is 9.82 Å². The number of aromatic nitrogens is 4. The van der Waals surface area contributed by atoms with Crippen molar-refractivity contribution in [3.05, 3.63) is 42.0 Å². The maximum absolute atomic E-state index is 11.6. The number of benzene rings is 1. The highest BCUT2D eigenvalue weighted by atomic mass is 32.2. The van der Waals surface area contributed by atoms with Gasteiger partial charge in [-0.05, 0) is 31.9 Å². The van der Waals surface area contributed by atoms with Gasteiger partial charge >= 0.3 is 0 Å². The molecule has 1 aliphatic heterocycles. The lowest BCUT2D eigenvalue weighted by Gasteiger charge is -2.34. The first-order chi connectivity index (χ1) is 12.9. The minimum Gasteiger partial charge on any atom is -0.355 e. The summed E-state index contributed by atoms with van der Waals surface area (Å²) in [4.78, 5) is 11.2. The second kappa shape index (κ2) is 6.80. The molecule has 1 saturated heterocycles. The number of sulfonamides is 1. The Kier molecular flexibility index (Phi) is 4.47. The summed E-state index contributed by atoms with van der Waals surface area (Å²) in [5.41, 5.74) is 3.43. The van der Waals surface area contributed by atoms with Crippen molar-refractivity contribution >= 4 is 32.4 Å². The van der Waals surface area contributed by atoms with Gasteiger partial charge in [0.2, 0.25) is 10.0 Å². The fraction of sp³-hybridized carbons (Fsp3) is 0.389. The predicted molar refractivity (Wildman–Crippen MR) is 106 cm³/mol. The normalized spacial score (nSPS) is 18.0. The Hall–Kier alpha value is -2.68. The zero-order valence-corrected chi connectivity index (χ0v) is 16.1. The monoisotopic (exact) mass is 386 g/mol. The van der Waals surface area contributed by atoms with E-state index in [1.54, 1.807) is 6.33 Å². The van der Waals surface area contributed by atoms with Crippen molar-refractivity contribution in [1.29, 1.82) is 0 Å². The molecule has 142 valence electrons. The first-order valence-corrected chi connectivity index (χ1v) is 10.8. The average molecular weight is 386 g/mol. The van der Waals surface area contributed by atoms with Gasteiger partial charge in [-0.2, -0.15) is 5.10 Å². The van der Waals surface area contributed by atoms with Crippen LogP contribution in [0.5, 0.6) is 0 Å². The number of anilines is 2. The van der Waals surface area contributed by atoms with Gasteiger partial charge in [0.1, 0.15) is 12.1 Å². The van der Waals surface area contributed by atoms with Crippen LogP contribution in [0.2, 0.25) is 0 Å². The van der Waals surface area contributed by atoms with E-state index in [-0.39, 0.29) is 5.92 Å². The molecule has 1 atom stereocenters. The largest absolute Gasteiger partial charge is 0.355 e. The Morgan fingerprint density at radius 2 is 2.15 bits per heavy atom. The van der Waals surface area contributed by atoms with E-state index < -0.39 is 10.0 Å². The Labute approximate surface area is 158 Å². The van der Waals surface area contributed by atoms with Gasteiger partial charge in [-0.15, -0.1) is 0 Å². The lowest BCUT2D eigenvalue weighted by atomic mass is 9.94. The molecule has 4 rings (SSSR count). The molecule has 27 heavy (non-hydrogen) atoms. The van der Waals surface area contributed by atoms with Gasteiger partial charge in [-0.25, -0.2) is 18.4 Å². The molecule has 9 heteroatoms. The molecule has 2 N–H and O–H groups in total. The predicted octanol–water partition coefficient (Wildman–Crippen LogP) is 2.42. The molecule has 1 unspecified atom stereocenters. The molecular formula is C18H22N6O2S. The van der Waals surface area contributed by atoms with E-state index >= 15 is 0 Å². The third-order valence-electron chi connectivity index (χ3n) is 4.86. The summed E-state index contributed by atoms with van der Waals surface area (Å²) < 4.78 is 25.8. The Bertz CT molecular complexity index is 1080. The molecule has 0 bridgehead atoms. The van der Waals surface area contributed by atoms with Crippen molar-refractivity contribution in [3.8, 4) is 0 Å². The Morgan fingerprint density at radius 3 is 2.96 bits per heavy atom. The van der Waals surface area contributed by atoms with Crippen LogP contribution in [0.4, 0.5) is 11.5 Å². The fourth-order valence-corrected chi connectivity index (χ4v) is 4.26. The van der Waals surface area contributed by atoms with Crippen LogP contribution in [0, 0.1) is 6.92 Å².